The van der Waals surface area contributed by atoms with E-state index in [1.807, 2.05) is 35.8 Å². The van der Waals surface area contributed by atoms with Crippen LogP contribution in [0.4, 0.5) is 0 Å². The van der Waals surface area contributed by atoms with E-state index in [0.717, 1.165) is 44.3 Å². The van der Waals surface area contributed by atoms with E-state index < -0.39 is 0 Å². The summed E-state index contributed by atoms with van der Waals surface area (Å²) in [6.07, 6.45) is 0. The van der Waals surface area contributed by atoms with Gasteiger partial charge in [0, 0.05) is 31.4 Å². The highest BCUT2D eigenvalue weighted by atomic mass is 16.5. The van der Waals surface area contributed by atoms with E-state index >= 15 is 0 Å². The maximum absolute atomic E-state index is 10.2. The van der Waals surface area contributed by atoms with E-state index in [2.05, 4.69) is 15.1 Å². The number of aryl methyl sites for hydroxylation is 1. The molecule has 0 aliphatic carbocycles. The van der Waals surface area contributed by atoms with Crippen molar-refractivity contribution in [2.45, 2.75) is 6.92 Å². The highest BCUT2D eigenvalue weighted by molar-refractivity contribution is 5.67. The Hall–Kier alpha value is -3.10. The van der Waals surface area contributed by atoms with E-state index in [0.29, 0.717) is 23.8 Å². The van der Waals surface area contributed by atoms with Crippen LogP contribution in [0.5, 0.6) is 17.2 Å². The van der Waals surface area contributed by atoms with E-state index in [4.69, 9.17) is 9.47 Å². The maximum atomic E-state index is 10.2. The van der Waals surface area contributed by atoms with Crippen LogP contribution in [0.25, 0.3) is 17.1 Å². The molecule has 3 aromatic rings. The number of phenols is 2. The minimum absolute atomic E-state index is 0.00684. The van der Waals surface area contributed by atoms with Crippen LogP contribution in [-0.4, -0.2) is 69.3 Å². The number of hydrogen-bond donors (Lipinski definition) is 2. The molecule has 4 rings (SSSR count). The Labute approximate surface area is 168 Å². The lowest BCUT2D eigenvalue weighted by atomic mass is 10.1. The number of phenolic OH excluding ortho intramolecular Hbond substituents is 2. The molecule has 0 radical (unpaired) electrons. The van der Waals surface area contributed by atoms with Crippen LogP contribution < -0.4 is 4.74 Å². The van der Waals surface area contributed by atoms with Crippen molar-refractivity contribution in [1.29, 1.82) is 0 Å². The lowest BCUT2D eigenvalue weighted by molar-refractivity contribution is 0.0322. The average Bonchev–Trinajstić information content (AvgIpc) is 3.10. The molecule has 0 bridgehead atoms. The second-order valence-electron chi connectivity index (χ2n) is 6.90. The molecule has 8 nitrogen and oxygen atoms in total. The van der Waals surface area contributed by atoms with Crippen molar-refractivity contribution < 1.29 is 19.7 Å². The van der Waals surface area contributed by atoms with Crippen molar-refractivity contribution in [3.63, 3.8) is 0 Å². The third-order valence-electron chi connectivity index (χ3n) is 4.92. The molecule has 0 saturated carbocycles. The summed E-state index contributed by atoms with van der Waals surface area (Å²) in [6.45, 7) is 6.81. The minimum atomic E-state index is -0.0540. The number of aromatic hydroxyl groups is 2. The Balaban J connectivity index is 1.48. The molecule has 8 heteroatoms. The van der Waals surface area contributed by atoms with Crippen molar-refractivity contribution in [2.75, 3.05) is 39.5 Å². The van der Waals surface area contributed by atoms with E-state index in [1.54, 1.807) is 6.07 Å². The van der Waals surface area contributed by atoms with Crippen LogP contribution in [0.2, 0.25) is 0 Å². The third-order valence-corrected chi connectivity index (χ3v) is 4.92. The molecule has 1 saturated heterocycles. The smallest absolute Gasteiger partial charge is 0.172 e. The van der Waals surface area contributed by atoms with Gasteiger partial charge in [-0.25, -0.2) is 0 Å². The predicted molar refractivity (Wildman–Crippen MR) is 108 cm³/mol. The summed E-state index contributed by atoms with van der Waals surface area (Å²) in [7, 11) is 0. The van der Waals surface area contributed by atoms with E-state index in [9.17, 15) is 10.2 Å². The molecular formula is C21H24N4O4. The summed E-state index contributed by atoms with van der Waals surface area (Å²) in [4.78, 5) is 2.33. The lowest BCUT2D eigenvalue weighted by Gasteiger charge is -2.26. The molecular weight excluding hydrogens is 372 g/mol. The summed E-state index contributed by atoms with van der Waals surface area (Å²) in [5.41, 5.74) is 1.35. The summed E-state index contributed by atoms with van der Waals surface area (Å²) >= 11 is 0. The van der Waals surface area contributed by atoms with Gasteiger partial charge >= 0.3 is 0 Å². The standard InChI is InChI=1S/C21H24N4O4/c1-15-22-23-21(19-7-4-17(26)14-20(19)27)25(15)16-2-5-18(6-3-16)29-13-10-24-8-11-28-12-9-24/h2-7,14,26-27H,8-13H2,1H3. The molecule has 0 amide bonds. The monoisotopic (exact) mass is 396 g/mol. The fourth-order valence-corrected chi connectivity index (χ4v) is 3.36. The average molecular weight is 396 g/mol. The molecule has 1 aliphatic rings. The Morgan fingerprint density at radius 3 is 2.52 bits per heavy atom. The number of nitrogens with zero attached hydrogens (tertiary/aromatic N) is 4. The van der Waals surface area contributed by atoms with Gasteiger partial charge in [0.05, 0.1) is 18.8 Å². The first-order valence-corrected chi connectivity index (χ1v) is 9.59. The van der Waals surface area contributed by atoms with Gasteiger partial charge in [-0.2, -0.15) is 0 Å². The Bertz CT molecular complexity index is 965. The van der Waals surface area contributed by atoms with Crippen molar-refractivity contribution in [3.8, 4) is 34.3 Å². The predicted octanol–water partition coefficient (Wildman–Crippen LogP) is 2.36. The molecule has 1 fully saturated rings. The molecule has 0 unspecified atom stereocenters. The molecule has 1 aromatic heterocycles. The number of hydrogen-bond acceptors (Lipinski definition) is 7. The minimum Gasteiger partial charge on any atom is -0.508 e. The zero-order valence-electron chi connectivity index (χ0n) is 16.3. The fourth-order valence-electron chi connectivity index (χ4n) is 3.36. The number of morpholine rings is 1. The first-order valence-electron chi connectivity index (χ1n) is 9.59. The second kappa shape index (κ2) is 8.50. The zero-order valence-corrected chi connectivity index (χ0v) is 16.3. The highest BCUT2D eigenvalue weighted by Crippen LogP contribution is 2.32. The Morgan fingerprint density at radius 1 is 1.03 bits per heavy atom. The summed E-state index contributed by atoms with van der Waals surface area (Å²) in [5.74, 6) is 1.92. The first kappa shape index (κ1) is 19.2. The van der Waals surface area contributed by atoms with Crippen molar-refractivity contribution in [1.82, 2.24) is 19.7 Å². The topological polar surface area (TPSA) is 92.9 Å². The molecule has 0 atom stereocenters. The highest BCUT2D eigenvalue weighted by Gasteiger charge is 2.16. The van der Waals surface area contributed by atoms with Gasteiger partial charge in [0.25, 0.3) is 0 Å². The molecule has 0 spiro atoms. The van der Waals surface area contributed by atoms with Crippen LogP contribution in [0, 0.1) is 6.92 Å². The molecule has 1 aliphatic heterocycles. The van der Waals surface area contributed by atoms with Gasteiger partial charge in [-0.15, -0.1) is 10.2 Å². The van der Waals surface area contributed by atoms with Crippen molar-refractivity contribution >= 4 is 0 Å². The van der Waals surface area contributed by atoms with Crippen LogP contribution >= 0.6 is 0 Å². The van der Waals surface area contributed by atoms with Crippen molar-refractivity contribution in [2.24, 2.45) is 0 Å². The molecule has 29 heavy (non-hydrogen) atoms. The molecule has 2 heterocycles. The van der Waals surface area contributed by atoms with Gasteiger partial charge < -0.3 is 19.7 Å². The second-order valence-corrected chi connectivity index (χ2v) is 6.90. The van der Waals surface area contributed by atoms with Gasteiger partial charge in [-0.3, -0.25) is 9.47 Å². The van der Waals surface area contributed by atoms with Crippen molar-refractivity contribution in [3.05, 3.63) is 48.3 Å². The van der Waals surface area contributed by atoms with Crippen LogP contribution in [0.1, 0.15) is 5.82 Å². The Morgan fingerprint density at radius 2 is 1.79 bits per heavy atom. The number of ether oxygens (including phenoxy) is 2. The normalized spacial score (nSPS) is 14.8. The SMILES string of the molecule is Cc1nnc(-c2ccc(O)cc2O)n1-c1ccc(OCCN2CCOCC2)cc1. The van der Waals surface area contributed by atoms with Crippen LogP contribution in [0.15, 0.2) is 42.5 Å². The summed E-state index contributed by atoms with van der Waals surface area (Å²) in [6, 6.07) is 12.1. The molecule has 152 valence electrons. The summed E-state index contributed by atoms with van der Waals surface area (Å²) < 4.78 is 13.1. The van der Waals surface area contributed by atoms with Gasteiger partial charge in [0.1, 0.15) is 29.7 Å². The van der Waals surface area contributed by atoms with E-state index in [1.165, 1.54) is 12.1 Å². The van der Waals surface area contributed by atoms with Gasteiger partial charge in [0.2, 0.25) is 0 Å². The van der Waals surface area contributed by atoms with Crippen LogP contribution in [-0.2, 0) is 4.74 Å². The van der Waals surface area contributed by atoms with Crippen LogP contribution in [0.3, 0.4) is 0 Å². The van der Waals surface area contributed by atoms with Gasteiger partial charge in [-0.1, -0.05) is 0 Å². The maximum Gasteiger partial charge on any atom is 0.172 e. The lowest BCUT2D eigenvalue weighted by Crippen LogP contribution is -2.38. The molecule has 2 aromatic carbocycles. The summed E-state index contributed by atoms with van der Waals surface area (Å²) in [5, 5.41) is 28.1. The number of benzene rings is 2. The first-order chi connectivity index (χ1) is 14.1. The van der Waals surface area contributed by atoms with Gasteiger partial charge in [0.15, 0.2) is 5.82 Å². The largest absolute Gasteiger partial charge is 0.508 e. The zero-order chi connectivity index (χ0) is 20.2. The fraction of sp³-hybridized carbons (Fsp3) is 0.333. The Kier molecular flexibility index (Phi) is 5.64. The van der Waals surface area contributed by atoms with Gasteiger partial charge in [-0.05, 0) is 43.3 Å². The van der Waals surface area contributed by atoms with E-state index in [-0.39, 0.29) is 11.5 Å². The quantitative estimate of drug-likeness (QED) is 0.661. The number of rotatable bonds is 6. The third kappa shape index (κ3) is 4.33. The number of aromatic nitrogens is 3. The molecule has 2 N–H and O–H groups in total.